The average Bonchev–Trinajstić information content (AvgIpc) is 2.56. The van der Waals surface area contributed by atoms with E-state index in [1.807, 2.05) is 56.4 Å². The van der Waals surface area contributed by atoms with Gasteiger partial charge in [0.1, 0.15) is 6.54 Å². The van der Waals surface area contributed by atoms with E-state index in [1.54, 1.807) is 6.07 Å². The lowest BCUT2D eigenvalue weighted by Gasteiger charge is -2.21. The molecule has 2 aromatic carbocycles. The molecule has 0 spiro atoms. The summed E-state index contributed by atoms with van der Waals surface area (Å²) in [6, 6.07) is 15.3. The minimum Gasteiger partial charge on any atom is -0.347 e. The van der Waals surface area contributed by atoms with E-state index in [0.717, 1.165) is 16.0 Å². The zero-order valence-electron chi connectivity index (χ0n) is 13.3. The molecule has 0 saturated carbocycles. The summed E-state index contributed by atoms with van der Waals surface area (Å²) >= 11 is 12.0. The monoisotopic (exact) mass is 351 g/mol. The fraction of sp³-hybridized carbons (Fsp3) is 0.278. The summed E-state index contributed by atoms with van der Waals surface area (Å²) in [6.45, 7) is 3.17. The number of hydrogen-bond donors (Lipinski definition) is 2. The lowest BCUT2D eigenvalue weighted by molar-refractivity contribution is -0.908. The van der Waals surface area contributed by atoms with Crippen molar-refractivity contribution in [3.8, 4) is 0 Å². The van der Waals surface area contributed by atoms with Crippen LogP contribution in [0.3, 0.4) is 0 Å². The lowest BCUT2D eigenvalue weighted by Crippen LogP contribution is -3.12. The van der Waals surface area contributed by atoms with Gasteiger partial charge in [0.15, 0.2) is 6.04 Å². The Morgan fingerprint density at radius 2 is 1.78 bits per heavy atom. The number of carbonyl (C=O) groups is 1. The molecular formula is C18H21Cl2N2O+. The van der Waals surface area contributed by atoms with E-state index in [9.17, 15) is 4.79 Å². The first-order valence-electron chi connectivity index (χ1n) is 7.55. The van der Waals surface area contributed by atoms with Gasteiger partial charge in [0.2, 0.25) is 0 Å². The van der Waals surface area contributed by atoms with Crippen molar-refractivity contribution < 1.29 is 9.69 Å². The number of benzene rings is 2. The van der Waals surface area contributed by atoms with E-state index in [1.165, 1.54) is 0 Å². The Morgan fingerprint density at radius 3 is 2.43 bits per heavy atom. The summed E-state index contributed by atoms with van der Waals surface area (Å²) in [4.78, 5) is 13.4. The van der Waals surface area contributed by atoms with Crippen molar-refractivity contribution in [3.05, 3.63) is 69.7 Å². The molecule has 0 aliphatic rings. The first-order chi connectivity index (χ1) is 11.0. The summed E-state index contributed by atoms with van der Waals surface area (Å²) in [5.41, 5.74) is 2.15. The van der Waals surface area contributed by atoms with E-state index in [0.29, 0.717) is 23.1 Å². The predicted molar refractivity (Wildman–Crippen MR) is 94.8 cm³/mol. The average molecular weight is 352 g/mol. The molecule has 5 heteroatoms. The largest absolute Gasteiger partial charge is 0.347 e. The second-order valence-electron chi connectivity index (χ2n) is 5.70. The van der Waals surface area contributed by atoms with Crippen molar-refractivity contribution in [1.82, 2.24) is 5.32 Å². The van der Waals surface area contributed by atoms with Crippen molar-refractivity contribution in [1.29, 1.82) is 0 Å². The predicted octanol–water partition coefficient (Wildman–Crippen LogP) is 2.71. The van der Waals surface area contributed by atoms with Crippen molar-refractivity contribution in [2.24, 2.45) is 0 Å². The number of carbonyl (C=O) groups excluding carboxylic acids is 1. The molecule has 2 atom stereocenters. The zero-order valence-corrected chi connectivity index (χ0v) is 14.8. The number of rotatable bonds is 6. The summed E-state index contributed by atoms with van der Waals surface area (Å²) < 4.78 is 0. The van der Waals surface area contributed by atoms with Crippen molar-refractivity contribution in [3.63, 3.8) is 0 Å². The summed E-state index contributed by atoms with van der Waals surface area (Å²) in [7, 11) is 2.00. The third kappa shape index (κ3) is 5.24. The van der Waals surface area contributed by atoms with Crippen LogP contribution < -0.4 is 10.2 Å². The molecule has 0 radical (unpaired) electrons. The third-order valence-electron chi connectivity index (χ3n) is 3.91. The Balaban J connectivity index is 1.89. The highest BCUT2D eigenvalue weighted by Gasteiger charge is 2.21. The van der Waals surface area contributed by atoms with E-state index in [4.69, 9.17) is 23.2 Å². The highest BCUT2D eigenvalue weighted by Crippen LogP contribution is 2.22. The van der Waals surface area contributed by atoms with Crippen LogP contribution in [0.15, 0.2) is 48.5 Å². The van der Waals surface area contributed by atoms with Crippen LogP contribution in [-0.4, -0.2) is 19.0 Å². The van der Waals surface area contributed by atoms with Gasteiger partial charge in [0, 0.05) is 12.1 Å². The number of quaternary nitrogens is 1. The van der Waals surface area contributed by atoms with Crippen LogP contribution in [0.25, 0.3) is 0 Å². The fourth-order valence-electron chi connectivity index (χ4n) is 2.29. The van der Waals surface area contributed by atoms with E-state index in [2.05, 4.69) is 5.32 Å². The molecule has 0 aliphatic carbocycles. The quantitative estimate of drug-likeness (QED) is 0.824. The molecular weight excluding hydrogens is 331 g/mol. The molecule has 0 aromatic heterocycles. The Labute approximate surface area is 147 Å². The molecule has 2 rings (SSSR count). The minimum atomic E-state index is -0.159. The van der Waals surface area contributed by atoms with Crippen molar-refractivity contribution in [2.75, 3.05) is 7.05 Å². The van der Waals surface area contributed by atoms with Crippen LogP contribution in [0.1, 0.15) is 18.1 Å². The van der Waals surface area contributed by atoms with Crippen LogP contribution in [-0.2, 0) is 17.9 Å². The normalized spacial score (nSPS) is 13.4. The molecule has 0 bridgehead atoms. The van der Waals surface area contributed by atoms with Gasteiger partial charge < -0.3 is 10.2 Å². The summed E-state index contributed by atoms with van der Waals surface area (Å²) in [5.74, 6) is 0.0337. The van der Waals surface area contributed by atoms with Crippen LogP contribution in [0.5, 0.6) is 0 Å². The third-order valence-corrected chi connectivity index (χ3v) is 4.65. The Morgan fingerprint density at radius 1 is 1.09 bits per heavy atom. The molecule has 2 aromatic rings. The first-order valence-corrected chi connectivity index (χ1v) is 8.31. The topological polar surface area (TPSA) is 33.5 Å². The van der Waals surface area contributed by atoms with Gasteiger partial charge in [0.05, 0.1) is 17.1 Å². The summed E-state index contributed by atoms with van der Waals surface area (Å²) in [6.07, 6.45) is 0. The Kier molecular flexibility index (Phi) is 6.46. The van der Waals surface area contributed by atoms with Crippen LogP contribution in [0, 0.1) is 0 Å². The fourth-order valence-corrected chi connectivity index (χ4v) is 2.61. The van der Waals surface area contributed by atoms with Gasteiger partial charge in [0.25, 0.3) is 5.91 Å². The van der Waals surface area contributed by atoms with E-state index in [-0.39, 0.29) is 11.9 Å². The van der Waals surface area contributed by atoms with Crippen molar-refractivity contribution >= 4 is 29.1 Å². The van der Waals surface area contributed by atoms with Gasteiger partial charge in [-0.1, -0.05) is 59.6 Å². The second-order valence-corrected chi connectivity index (χ2v) is 6.51. The molecule has 122 valence electrons. The number of amides is 1. The van der Waals surface area contributed by atoms with E-state index >= 15 is 0 Å². The zero-order chi connectivity index (χ0) is 16.8. The van der Waals surface area contributed by atoms with Crippen LogP contribution in [0.4, 0.5) is 0 Å². The molecule has 0 fully saturated rings. The van der Waals surface area contributed by atoms with Gasteiger partial charge in [-0.3, -0.25) is 4.79 Å². The smallest absolute Gasteiger partial charge is 0.278 e. The lowest BCUT2D eigenvalue weighted by atomic mass is 10.1. The highest BCUT2D eigenvalue weighted by atomic mass is 35.5. The van der Waals surface area contributed by atoms with Gasteiger partial charge >= 0.3 is 0 Å². The summed E-state index contributed by atoms with van der Waals surface area (Å²) in [5, 5.41) is 4.06. The molecule has 0 saturated heterocycles. The molecule has 0 aliphatic heterocycles. The molecule has 1 amide bonds. The Bertz CT molecular complexity index is 661. The maximum atomic E-state index is 12.3. The molecule has 23 heavy (non-hydrogen) atoms. The maximum absolute atomic E-state index is 12.3. The number of hydrogen-bond acceptors (Lipinski definition) is 1. The van der Waals surface area contributed by atoms with Gasteiger partial charge in [-0.05, 0) is 24.6 Å². The van der Waals surface area contributed by atoms with Gasteiger partial charge in [-0.2, -0.15) is 0 Å². The maximum Gasteiger partial charge on any atom is 0.278 e. The number of halogens is 2. The van der Waals surface area contributed by atoms with Gasteiger partial charge in [-0.25, -0.2) is 0 Å². The van der Waals surface area contributed by atoms with E-state index < -0.39 is 0 Å². The molecule has 3 nitrogen and oxygen atoms in total. The van der Waals surface area contributed by atoms with Crippen LogP contribution in [0.2, 0.25) is 10.0 Å². The Hall–Kier alpha value is -1.55. The number of likely N-dealkylation sites (N-methyl/N-ethyl adjacent to an activating group) is 1. The number of nitrogens with one attached hydrogen (secondary N) is 2. The molecule has 0 heterocycles. The minimum absolute atomic E-state index is 0.0337. The highest BCUT2D eigenvalue weighted by molar-refractivity contribution is 6.42. The SMILES string of the molecule is C[C@@H](C(=O)NCc1ccccc1)[NH+](C)Cc1ccc(Cl)c(Cl)c1. The first kappa shape index (κ1) is 17.8. The van der Waals surface area contributed by atoms with Crippen LogP contribution >= 0.6 is 23.2 Å². The van der Waals surface area contributed by atoms with Crippen molar-refractivity contribution in [2.45, 2.75) is 26.1 Å². The molecule has 2 N–H and O–H groups in total. The standard InChI is InChI=1S/C18H20Cl2N2O/c1-13(18(23)21-11-14-6-4-3-5-7-14)22(2)12-15-8-9-16(19)17(20)10-15/h3-10,13H,11-12H2,1-2H3,(H,21,23)/p+1/t13-/m0/s1. The molecule has 1 unspecified atom stereocenters. The van der Waals surface area contributed by atoms with Gasteiger partial charge in [-0.15, -0.1) is 0 Å². The second kappa shape index (κ2) is 8.34.